The Morgan fingerprint density at radius 2 is 1.88 bits per heavy atom. The van der Waals surface area contributed by atoms with E-state index in [4.69, 9.17) is 15.2 Å². The summed E-state index contributed by atoms with van der Waals surface area (Å²) in [6, 6.07) is 0. The van der Waals surface area contributed by atoms with Gasteiger partial charge in [0.1, 0.15) is 6.10 Å². The number of primary amides is 1. The molecule has 0 saturated carbocycles. The highest BCUT2D eigenvalue weighted by atomic mass is 16.6. The van der Waals surface area contributed by atoms with Crippen LogP contribution in [0.4, 0.5) is 4.79 Å². The van der Waals surface area contributed by atoms with Crippen LogP contribution < -0.4 is 16.4 Å². The number of Topliss-reactive ketones (excluding diaryl/α,β-unsaturated/α-hetero) is 1. The van der Waals surface area contributed by atoms with E-state index in [0.29, 0.717) is 12.0 Å². The number of aliphatic hydroxyl groups is 2. The minimum absolute atomic E-state index is 0.0282. The zero-order valence-corrected chi connectivity index (χ0v) is 25.3. The number of rotatable bonds is 5. The standard InChI is InChI=1S/C31H45N3O8/c1-8-11-33-26-21-12-16(2)13-25(41-7)27(37)18(4)14-19(5)29(42-31(32)40)20(6)23(35)10-9-17(3)30(39)34-22(28(21)38)15-24(26)36/h8-9,14-16,18,20,23,25,27,29,33,35,37H,1,10-13H2,2-7H3,(H2,32,40)(H,34,39)/b17-9+,19-14+/t16-,18+,20+,23?,25+,27-,29+/m1/s1. The van der Waals surface area contributed by atoms with Crippen molar-refractivity contribution < 1.29 is 38.9 Å². The quantitative estimate of drug-likeness (QED) is 0.239. The summed E-state index contributed by atoms with van der Waals surface area (Å²) in [5, 5.41) is 27.6. The van der Waals surface area contributed by atoms with Crippen LogP contribution in [0.25, 0.3) is 0 Å². The average molecular weight is 588 g/mol. The number of nitrogens with one attached hydrogen (secondary N) is 2. The zero-order valence-electron chi connectivity index (χ0n) is 25.3. The van der Waals surface area contributed by atoms with Gasteiger partial charge in [-0.15, -0.1) is 6.58 Å². The lowest BCUT2D eigenvalue weighted by atomic mass is 9.84. The SMILES string of the molecule is C=CCNC1=C2C[C@@H](C)C[C@H](OC)[C@H](O)[C@@H](C)/C=C(\C)[C@H](OC(N)=O)[C@@H](C)C(O)C/C=C(\C)C(=O)NC(=CC1=O)C2=O. The van der Waals surface area contributed by atoms with E-state index in [1.807, 2.05) is 6.92 Å². The van der Waals surface area contributed by atoms with Gasteiger partial charge in [-0.2, -0.15) is 0 Å². The number of hydrogen-bond donors (Lipinski definition) is 5. The van der Waals surface area contributed by atoms with Gasteiger partial charge in [-0.1, -0.05) is 39.0 Å². The fourth-order valence-electron chi connectivity index (χ4n) is 5.27. The second-order valence-corrected chi connectivity index (χ2v) is 11.2. The Balaban J connectivity index is 2.58. The minimum atomic E-state index is -1.04. The molecule has 2 aliphatic rings. The first kappa shape index (κ1) is 34.7. The molecule has 232 valence electrons. The third kappa shape index (κ3) is 8.98. The number of amides is 2. The van der Waals surface area contributed by atoms with Crippen LogP contribution in [0.1, 0.15) is 53.9 Å². The highest BCUT2D eigenvalue weighted by Gasteiger charge is 2.34. The molecular weight excluding hydrogens is 542 g/mol. The monoisotopic (exact) mass is 587 g/mol. The smallest absolute Gasteiger partial charge is 0.405 e. The van der Waals surface area contributed by atoms with Crippen molar-refractivity contribution in [2.24, 2.45) is 23.5 Å². The van der Waals surface area contributed by atoms with Gasteiger partial charge in [0, 0.05) is 42.7 Å². The van der Waals surface area contributed by atoms with Gasteiger partial charge in [-0.3, -0.25) is 14.4 Å². The lowest BCUT2D eigenvalue weighted by molar-refractivity contribution is -0.120. The van der Waals surface area contributed by atoms with Crippen molar-refractivity contribution in [1.29, 1.82) is 0 Å². The van der Waals surface area contributed by atoms with E-state index < -0.39 is 59.8 Å². The molecule has 2 amide bonds. The third-order valence-corrected chi connectivity index (χ3v) is 7.75. The number of carbonyl (C=O) groups is 4. The molecule has 0 fully saturated rings. The first-order valence-electron chi connectivity index (χ1n) is 14.1. The van der Waals surface area contributed by atoms with Gasteiger partial charge < -0.3 is 36.1 Å². The number of allylic oxidation sites excluding steroid dienone is 2. The van der Waals surface area contributed by atoms with E-state index in [9.17, 15) is 29.4 Å². The fourth-order valence-corrected chi connectivity index (χ4v) is 5.27. The fraction of sp³-hybridized carbons (Fsp3) is 0.548. The molecule has 2 rings (SSSR count). The van der Waals surface area contributed by atoms with Crippen molar-refractivity contribution >= 4 is 23.6 Å². The van der Waals surface area contributed by atoms with Crippen LogP contribution in [-0.4, -0.2) is 71.9 Å². The summed E-state index contributed by atoms with van der Waals surface area (Å²) in [4.78, 5) is 51.3. The van der Waals surface area contributed by atoms with E-state index in [1.54, 1.807) is 32.9 Å². The summed E-state index contributed by atoms with van der Waals surface area (Å²) >= 11 is 0. The van der Waals surface area contributed by atoms with Crippen molar-refractivity contribution in [3.8, 4) is 0 Å². The van der Waals surface area contributed by atoms with E-state index in [2.05, 4.69) is 17.2 Å². The van der Waals surface area contributed by atoms with Gasteiger partial charge in [0.2, 0.25) is 11.6 Å². The van der Waals surface area contributed by atoms with E-state index in [-0.39, 0.29) is 47.8 Å². The largest absolute Gasteiger partial charge is 0.441 e. The van der Waals surface area contributed by atoms with Gasteiger partial charge in [-0.25, -0.2) is 4.79 Å². The summed E-state index contributed by atoms with van der Waals surface area (Å²) in [7, 11) is 1.48. The Morgan fingerprint density at radius 1 is 1.21 bits per heavy atom. The lowest BCUT2D eigenvalue weighted by Crippen LogP contribution is -2.37. The van der Waals surface area contributed by atoms with Crippen molar-refractivity contribution in [2.75, 3.05) is 13.7 Å². The Kier molecular flexibility index (Phi) is 12.9. The maximum Gasteiger partial charge on any atom is 0.405 e. The number of ketones is 2. The molecule has 0 aromatic rings. The molecule has 6 N–H and O–H groups in total. The predicted molar refractivity (Wildman–Crippen MR) is 158 cm³/mol. The number of ether oxygens (including phenoxy) is 2. The topological polar surface area (TPSA) is 177 Å². The summed E-state index contributed by atoms with van der Waals surface area (Å²) in [6.45, 7) is 12.5. The third-order valence-electron chi connectivity index (χ3n) is 7.75. The Labute approximate surface area is 247 Å². The summed E-state index contributed by atoms with van der Waals surface area (Å²) < 4.78 is 11.0. The zero-order chi connectivity index (χ0) is 31.7. The van der Waals surface area contributed by atoms with Crippen LogP contribution in [0.3, 0.4) is 0 Å². The van der Waals surface area contributed by atoms with Gasteiger partial charge in [0.25, 0.3) is 5.91 Å². The number of nitrogens with two attached hydrogens (primary N) is 1. The van der Waals surface area contributed by atoms with Crippen LogP contribution in [-0.2, 0) is 23.9 Å². The van der Waals surface area contributed by atoms with E-state index in [1.165, 1.54) is 20.1 Å². The highest BCUT2D eigenvalue weighted by molar-refractivity contribution is 6.23. The molecule has 0 radical (unpaired) electrons. The molecule has 11 nitrogen and oxygen atoms in total. The normalized spacial score (nSPS) is 33.0. The Hall–Kier alpha value is -3.54. The molecule has 42 heavy (non-hydrogen) atoms. The maximum atomic E-state index is 13.5. The summed E-state index contributed by atoms with van der Waals surface area (Å²) in [6.07, 6.45) is 1.92. The molecule has 1 aliphatic carbocycles. The Morgan fingerprint density at radius 3 is 2.48 bits per heavy atom. The van der Waals surface area contributed by atoms with Crippen LogP contribution in [0.5, 0.6) is 0 Å². The first-order chi connectivity index (χ1) is 19.7. The number of aliphatic hydroxyl groups excluding tert-OH is 2. The molecule has 11 heteroatoms. The molecule has 0 aromatic carbocycles. The van der Waals surface area contributed by atoms with Gasteiger partial charge in [0.15, 0.2) is 0 Å². The van der Waals surface area contributed by atoms with Gasteiger partial charge >= 0.3 is 6.09 Å². The molecule has 7 atom stereocenters. The molecule has 2 bridgehead atoms. The number of hydrogen-bond acceptors (Lipinski definition) is 9. The second-order valence-electron chi connectivity index (χ2n) is 11.2. The molecule has 1 aliphatic heterocycles. The van der Waals surface area contributed by atoms with Gasteiger partial charge in [-0.05, 0) is 44.6 Å². The minimum Gasteiger partial charge on any atom is -0.441 e. The number of fused-ring (bicyclic) bond motifs is 2. The van der Waals surface area contributed by atoms with Crippen LogP contribution >= 0.6 is 0 Å². The van der Waals surface area contributed by atoms with Crippen LogP contribution in [0.2, 0.25) is 0 Å². The molecular formula is C31H45N3O8. The van der Waals surface area contributed by atoms with Crippen LogP contribution in [0.15, 0.2) is 59.0 Å². The molecule has 0 saturated heterocycles. The highest BCUT2D eigenvalue weighted by Crippen LogP contribution is 2.29. The lowest BCUT2D eigenvalue weighted by Gasteiger charge is -2.31. The summed E-state index contributed by atoms with van der Waals surface area (Å²) in [5.74, 6) is -2.84. The first-order valence-corrected chi connectivity index (χ1v) is 14.1. The molecule has 1 heterocycles. The van der Waals surface area contributed by atoms with Gasteiger partial charge in [0.05, 0.1) is 29.7 Å². The van der Waals surface area contributed by atoms with Crippen molar-refractivity contribution in [3.05, 3.63) is 59.0 Å². The molecule has 1 unspecified atom stereocenters. The van der Waals surface area contributed by atoms with Crippen molar-refractivity contribution in [3.63, 3.8) is 0 Å². The average Bonchev–Trinajstić information content (AvgIpc) is 2.93. The Bertz CT molecular complexity index is 1180. The van der Waals surface area contributed by atoms with Crippen molar-refractivity contribution in [2.45, 2.75) is 78.3 Å². The second kappa shape index (κ2) is 15.6. The number of carbonyl (C=O) groups excluding carboxylic acids is 4. The van der Waals surface area contributed by atoms with E-state index >= 15 is 0 Å². The molecule has 0 spiro atoms. The van der Waals surface area contributed by atoms with E-state index in [0.717, 1.165) is 6.08 Å². The van der Waals surface area contributed by atoms with Crippen molar-refractivity contribution in [1.82, 2.24) is 10.6 Å². The van der Waals surface area contributed by atoms with Crippen LogP contribution in [0, 0.1) is 17.8 Å². The maximum absolute atomic E-state index is 13.5. The molecule has 0 aromatic heterocycles. The summed E-state index contributed by atoms with van der Waals surface area (Å²) in [5.41, 5.74) is 6.33. The number of methoxy groups -OCH3 is 1. The predicted octanol–water partition coefficient (Wildman–Crippen LogP) is 2.35.